The van der Waals surface area contributed by atoms with Crippen LogP contribution in [0.4, 0.5) is 23.1 Å². The maximum Gasteiger partial charge on any atom is 0.229 e. The van der Waals surface area contributed by atoms with Gasteiger partial charge in [0.1, 0.15) is 5.82 Å². The summed E-state index contributed by atoms with van der Waals surface area (Å²) in [5.74, 6) is 1.53. The van der Waals surface area contributed by atoms with E-state index in [1.807, 2.05) is 49.4 Å². The standard InChI is InChI=1S/C21H20N4O/c1-14-13-22-21(24-16-7-3-2-4-8-16)25-20(14)23-17-10-11-18-15(12-17)6-5-9-19(18)26/h2-4,7-8,10-13H,5-6,9H2,1H3,(H2,22,23,24,25). The average molecular weight is 344 g/mol. The third kappa shape index (κ3) is 3.42. The van der Waals surface area contributed by atoms with Gasteiger partial charge in [0.15, 0.2) is 5.78 Å². The number of aromatic nitrogens is 2. The van der Waals surface area contributed by atoms with Crippen LogP contribution in [0.5, 0.6) is 0 Å². The predicted octanol–water partition coefficient (Wildman–Crippen LogP) is 4.79. The van der Waals surface area contributed by atoms with Crippen molar-refractivity contribution in [1.82, 2.24) is 9.97 Å². The maximum absolute atomic E-state index is 12.0. The molecule has 2 N–H and O–H groups in total. The topological polar surface area (TPSA) is 66.9 Å². The van der Waals surface area contributed by atoms with Gasteiger partial charge >= 0.3 is 0 Å². The number of hydrogen-bond acceptors (Lipinski definition) is 5. The van der Waals surface area contributed by atoms with Gasteiger partial charge in [-0.1, -0.05) is 18.2 Å². The number of carbonyl (C=O) groups is 1. The molecule has 130 valence electrons. The Morgan fingerprint density at radius 1 is 0.962 bits per heavy atom. The molecule has 0 fully saturated rings. The Bertz CT molecular complexity index is 953. The van der Waals surface area contributed by atoms with Crippen LogP contribution >= 0.6 is 0 Å². The molecule has 4 rings (SSSR count). The molecule has 5 heteroatoms. The lowest BCUT2D eigenvalue weighted by atomic mass is 9.90. The van der Waals surface area contributed by atoms with Crippen molar-refractivity contribution in [2.75, 3.05) is 10.6 Å². The quantitative estimate of drug-likeness (QED) is 0.712. The van der Waals surface area contributed by atoms with Crippen molar-refractivity contribution in [3.63, 3.8) is 0 Å². The van der Waals surface area contributed by atoms with Crippen LogP contribution in [0.3, 0.4) is 0 Å². The minimum Gasteiger partial charge on any atom is -0.340 e. The number of ketones is 1. The van der Waals surface area contributed by atoms with Gasteiger partial charge in [-0.2, -0.15) is 4.98 Å². The van der Waals surface area contributed by atoms with Gasteiger partial charge in [0.2, 0.25) is 5.95 Å². The molecule has 1 heterocycles. The summed E-state index contributed by atoms with van der Waals surface area (Å²) < 4.78 is 0. The summed E-state index contributed by atoms with van der Waals surface area (Å²) in [5.41, 5.74) is 4.80. The van der Waals surface area contributed by atoms with Gasteiger partial charge in [0, 0.05) is 35.1 Å². The van der Waals surface area contributed by atoms with Crippen molar-refractivity contribution < 1.29 is 4.79 Å². The molecule has 26 heavy (non-hydrogen) atoms. The number of carbonyl (C=O) groups excluding carboxylic acids is 1. The molecule has 0 unspecified atom stereocenters. The fourth-order valence-corrected chi connectivity index (χ4v) is 3.14. The highest BCUT2D eigenvalue weighted by Gasteiger charge is 2.17. The van der Waals surface area contributed by atoms with Gasteiger partial charge in [-0.15, -0.1) is 0 Å². The molecule has 0 aliphatic heterocycles. The largest absolute Gasteiger partial charge is 0.340 e. The van der Waals surface area contributed by atoms with E-state index in [0.717, 1.165) is 46.7 Å². The number of aryl methyl sites for hydroxylation is 2. The van der Waals surface area contributed by atoms with E-state index in [4.69, 9.17) is 0 Å². The van der Waals surface area contributed by atoms with Crippen LogP contribution < -0.4 is 10.6 Å². The average Bonchev–Trinajstić information content (AvgIpc) is 2.65. The molecule has 0 saturated carbocycles. The summed E-state index contributed by atoms with van der Waals surface area (Å²) in [4.78, 5) is 20.9. The molecule has 0 amide bonds. The fourth-order valence-electron chi connectivity index (χ4n) is 3.14. The van der Waals surface area contributed by atoms with E-state index >= 15 is 0 Å². The number of anilines is 4. The molecule has 1 aliphatic carbocycles. The maximum atomic E-state index is 12.0. The van der Waals surface area contributed by atoms with Crippen LogP contribution in [0.25, 0.3) is 0 Å². The summed E-state index contributed by atoms with van der Waals surface area (Å²) in [6, 6.07) is 15.7. The summed E-state index contributed by atoms with van der Waals surface area (Å²) in [7, 11) is 0. The minimum absolute atomic E-state index is 0.241. The molecule has 0 atom stereocenters. The lowest BCUT2D eigenvalue weighted by Crippen LogP contribution is -2.11. The lowest BCUT2D eigenvalue weighted by Gasteiger charge is -2.17. The Balaban J connectivity index is 1.58. The van der Waals surface area contributed by atoms with E-state index in [1.165, 1.54) is 0 Å². The molecule has 5 nitrogen and oxygen atoms in total. The summed E-state index contributed by atoms with van der Waals surface area (Å²) in [5, 5.41) is 6.57. The Morgan fingerprint density at radius 3 is 2.65 bits per heavy atom. The first-order valence-electron chi connectivity index (χ1n) is 8.78. The smallest absolute Gasteiger partial charge is 0.229 e. The first-order chi connectivity index (χ1) is 12.7. The summed E-state index contributed by atoms with van der Waals surface area (Å²) in [6.45, 7) is 1.97. The fraction of sp³-hybridized carbons (Fsp3) is 0.190. The molecule has 2 aromatic carbocycles. The molecule has 0 bridgehead atoms. The zero-order valence-corrected chi connectivity index (χ0v) is 14.6. The summed E-state index contributed by atoms with van der Waals surface area (Å²) in [6.07, 6.45) is 4.31. The van der Waals surface area contributed by atoms with Crippen LogP contribution in [0.15, 0.2) is 54.7 Å². The third-order valence-corrected chi connectivity index (χ3v) is 4.52. The van der Waals surface area contributed by atoms with E-state index in [2.05, 4.69) is 26.7 Å². The minimum atomic E-state index is 0.241. The number of hydrogen-bond donors (Lipinski definition) is 2. The van der Waals surface area contributed by atoms with Crippen molar-refractivity contribution in [2.45, 2.75) is 26.2 Å². The Hall–Kier alpha value is -3.21. The van der Waals surface area contributed by atoms with Gasteiger partial charge in [-0.3, -0.25) is 4.79 Å². The Kier molecular flexibility index (Phi) is 4.35. The van der Waals surface area contributed by atoms with E-state index in [9.17, 15) is 4.79 Å². The highest BCUT2D eigenvalue weighted by atomic mass is 16.1. The van der Waals surface area contributed by atoms with Gasteiger partial charge in [-0.05, 0) is 55.7 Å². The number of fused-ring (bicyclic) bond motifs is 1. The summed E-state index contributed by atoms with van der Waals surface area (Å²) >= 11 is 0. The number of rotatable bonds is 4. The first-order valence-corrected chi connectivity index (χ1v) is 8.78. The molecule has 0 radical (unpaired) electrons. The number of Topliss-reactive ketones (excluding diaryl/α,β-unsaturated/α-hetero) is 1. The van der Waals surface area contributed by atoms with Crippen LogP contribution in [0.2, 0.25) is 0 Å². The van der Waals surface area contributed by atoms with Gasteiger partial charge in [0.25, 0.3) is 0 Å². The van der Waals surface area contributed by atoms with Gasteiger partial charge in [0.05, 0.1) is 0 Å². The van der Waals surface area contributed by atoms with Gasteiger partial charge < -0.3 is 10.6 Å². The van der Waals surface area contributed by atoms with Crippen LogP contribution in [0.1, 0.15) is 34.3 Å². The monoisotopic (exact) mass is 344 g/mol. The highest BCUT2D eigenvalue weighted by molar-refractivity contribution is 5.98. The molecule has 0 saturated heterocycles. The Labute approximate surface area is 152 Å². The number of para-hydroxylation sites is 1. The van der Waals surface area contributed by atoms with Crippen LogP contribution in [-0.4, -0.2) is 15.8 Å². The van der Waals surface area contributed by atoms with Crippen molar-refractivity contribution in [3.05, 3.63) is 71.4 Å². The second-order valence-corrected chi connectivity index (χ2v) is 6.49. The second kappa shape index (κ2) is 6.96. The number of benzene rings is 2. The van der Waals surface area contributed by atoms with E-state index in [0.29, 0.717) is 12.4 Å². The predicted molar refractivity (Wildman–Crippen MR) is 103 cm³/mol. The lowest BCUT2D eigenvalue weighted by molar-refractivity contribution is 0.0972. The Morgan fingerprint density at radius 2 is 1.81 bits per heavy atom. The third-order valence-electron chi connectivity index (χ3n) is 4.52. The van der Waals surface area contributed by atoms with Crippen LogP contribution in [0, 0.1) is 6.92 Å². The number of nitrogens with one attached hydrogen (secondary N) is 2. The normalized spacial score (nSPS) is 13.2. The van der Waals surface area contributed by atoms with Crippen molar-refractivity contribution in [3.8, 4) is 0 Å². The SMILES string of the molecule is Cc1cnc(Nc2ccccc2)nc1Nc1ccc2c(c1)CCCC2=O. The molecule has 1 aromatic heterocycles. The van der Waals surface area contributed by atoms with Crippen molar-refractivity contribution in [2.24, 2.45) is 0 Å². The first kappa shape index (κ1) is 16.3. The van der Waals surface area contributed by atoms with Crippen molar-refractivity contribution >= 4 is 28.9 Å². The molecular weight excluding hydrogens is 324 g/mol. The molecule has 3 aromatic rings. The molecular formula is C21H20N4O. The van der Waals surface area contributed by atoms with Gasteiger partial charge in [-0.25, -0.2) is 4.98 Å². The van der Waals surface area contributed by atoms with E-state index < -0.39 is 0 Å². The molecule has 0 spiro atoms. The van der Waals surface area contributed by atoms with Crippen molar-refractivity contribution in [1.29, 1.82) is 0 Å². The van der Waals surface area contributed by atoms with E-state index in [-0.39, 0.29) is 5.78 Å². The number of nitrogens with zero attached hydrogens (tertiary/aromatic N) is 2. The zero-order valence-electron chi connectivity index (χ0n) is 14.6. The van der Waals surface area contributed by atoms with Crippen LogP contribution in [-0.2, 0) is 6.42 Å². The highest BCUT2D eigenvalue weighted by Crippen LogP contribution is 2.27. The second-order valence-electron chi connectivity index (χ2n) is 6.49. The zero-order chi connectivity index (χ0) is 17.9. The van der Waals surface area contributed by atoms with E-state index in [1.54, 1.807) is 6.20 Å². The molecule has 1 aliphatic rings.